The van der Waals surface area contributed by atoms with Gasteiger partial charge >= 0.3 is 0 Å². The molecule has 6 nitrogen and oxygen atoms in total. The molecule has 1 aromatic rings. The van der Waals surface area contributed by atoms with Crippen LogP contribution in [-0.2, 0) is 11.8 Å². The van der Waals surface area contributed by atoms with Gasteiger partial charge in [0.2, 0.25) is 5.91 Å². The molecule has 0 aliphatic heterocycles. The highest BCUT2D eigenvalue weighted by Gasteiger charge is 2.27. The molecule has 0 bridgehead atoms. The van der Waals surface area contributed by atoms with Crippen LogP contribution >= 0.6 is 24.8 Å². The second-order valence-corrected chi connectivity index (χ2v) is 6.84. The summed E-state index contributed by atoms with van der Waals surface area (Å²) in [7, 11) is 7.89. The number of amides is 1. The lowest BCUT2D eigenvalue weighted by atomic mass is 9.83. The number of hydrogen-bond acceptors (Lipinski definition) is 4. The number of halogens is 2. The SMILES string of the molecule is CNC(C(=O)NCC(C1CCCCC1)N(C)C)c1cnn(C)c1.Cl.Cl. The minimum Gasteiger partial charge on any atom is -0.353 e. The highest BCUT2D eigenvalue weighted by Crippen LogP contribution is 2.28. The van der Waals surface area contributed by atoms with Crippen LogP contribution in [-0.4, -0.2) is 54.3 Å². The summed E-state index contributed by atoms with van der Waals surface area (Å²) < 4.78 is 1.72. The van der Waals surface area contributed by atoms with Crippen LogP contribution in [0.15, 0.2) is 12.4 Å². The Morgan fingerprint density at radius 1 is 1.32 bits per heavy atom. The van der Waals surface area contributed by atoms with Gasteiger partial charge in [-0.1, -0.05) is 19.3 Å². The summed E-state index contributed by atoms with van der Waals surface area (Å²) in [5.41, 5.74) is 0.895. The van der Waals surface area contributed by atoms with Gasteiger partial charge in [0, 0.05) is 31.4 Å². The van der Waals surface area contributed by atoms with E-state index in [0.29, 0.717) is 18.5 Å². The molecule has 1 aliphatic rings. The van der Waals surface area contributed by atoms with Crippen molar-refractivity contribution in [2.45, 2.75) is 44.2 Å². The van der Waals surface area contributed by atoms with Crippen molar-refractivity contribution in [3.05, 3.63) is 18.0 Å². The molecule has 0 saturated heterocycles. The Balaban J connectivity index is 0.00000288. The summed E-state index contributed by atoms with van der Waals surface area (Å²) >= 11 is 0. The molecule has 25 heavy (non-hydrogen) atoms. The first-order valence-corrected chi connectivity index (χ1v) is 8.63. The number of nitrogens with zero attached hydrogens (tertiary/aromatic N) is 3. The molecule has 1 saturated carbocycles. The van der Waals surface area contributed by atoms with Crippen LogP contribution in [0, 0.1) is 5.92 Å². The molecular formula is C17H33Cl2N5O. The van der Waals surface area contributed by atoms with Crippen LogP contribution in [0.3, 0.4) is 0 Å². The summed E-state index contributed by atoms with van der Waals surface area (Å²) in [6, 6.07) is 0.0588. The molecule has 1 amide bonds. The van der Waals surface area contributed by atoms with Crippen molar-refractivity contribution < 1.29 is 4.79 Å². The Morgan fingerprint density at radius 3 is 2.44 bits per heavy atom. The molecule has 2 atom stereocenters. The van der Waals surface area contributed by atoms with Crippen LogP contribution in [0.2, 0.25) is 0 Å². The van der Waals surface area contributed by atoms with E-state index in [1.54, 1.807) is 10.9 Å². The zero-order valence-corrected chi connectivity index (χ0v) is 17.3. The highest BCUT2D eigenvalue weighted by molar-refractivity contribution is 5.85. The lowest BCUT2D eigenvalue weighted by Crippen LogP contribution is -2.47. The molecular weight excluding hydrogens is 361 g/mol. The summed E-state index contributed by atoms with van der Waals surface area (Å²) in [4.78, 5) is 14.8. The lowest BCUT2D eigenvalue weighted by Gasteiger charge is -2.35. The normalized spacial score (nSPS) is 17.3. The number of carbonyl (C=O) groups is 1. The van der Waals surface area contributed by atoms with Crippen molar-refractivity contribution in [2.24, 2.45) is 13.0 Å². The number of aryl methyl sites for hydroxylation is 1. The quantitative estimate of drug-likeness (QED) is 0.744. The Morgan fingerprint density at radius 2 is 1.96 bits per heavy atom. The van der Waals surface area contributed by atoms with Gasteiger partial charge in [0.1, 0.15) is 6.04 Å². The van der Waals surface area contributed by atoms with Gasteiger partial charge in [0.25, 0.3) is 0 Å². The summed E-state index contributed by atoms with van der Waals surface area (Å²) in [6.45, 7) is 0.703. The van der Waals surface area contributed by atoms with E-state index in [4.69, 9.17) is 0 Å². The summed E-state index contributed by atoms with van der Waals surface area (Å²) in [5.74, 6) is 0.702. The summed E-state index contributed by atoms with van der Waals surface area (Å²) in [5, 5.41) is 10.4. The first kappa shape index (κ1) is 24.2. The number of aromatic nitrogens is 2. The molecule has 2 unspecified atom stereocenters. The van der Waals surface area contributed by atoms with Crippen LogP contribution in [0.5, 0.6) is 0 Å². The van der Waals surface area contributed by atoms with Crippen LogP contribution < -0.4 is 10.6 Å². The fourth-order valence-electron chi connectivity index (χ4n) is 3.64. The third-order valence-electron chi connectivity index (χ3n) is 4.95. The Hall–Kier alpha value is -0.820. The van der Waals surface area contributed by atoms with Crippen LogP contribution in [0.1, 0.15) is 43.7 Å². The highest BCUT2D eigenvalue weighted by atomic mass is 35.5. The molecule has 0 spiro atoms. The average molecular weight is 394 g/mol. The molecule has 1 aliphatic carbocycles. The van der Waals surface area contributed by atoms with Crippen molar-refractivity contribution in [3.8, 4) is 0 Å². The lowest BCUT2D eigenvalue weighted by molar-refractivity contribution is -0.123. The summed E-state index contributed by atoms with van der Waals surface area (Å²) in [6.07, 6.45) is 10.2. The van der Waals surface area contributed by atoms with Crippen LogP contribution in [0.25, 0.3) is 0 Å². The first-order valence-electron chi connectivity index (χ1n) is 8.63. The molecule has 8 heteroatoms. The topological polar surface area (TPSA) is 62.2 Å². The fraction of sp³-hybridized carbons (Fsp3) is 0.765. The average Bonchev–Trinajstić information content (AvgIpc) is 2.95. The maximum Gasteiger partial charge on any atom is 0.241 e. The number of nitrogens with one attached hydrogen (secondary N) is 2. The molecule has 0 radical (unpaired) electrons. The molecule has 146 valence electrons. The van der Waals surface area contributed by atoms with E-state index in [2.05, 4.69) is 34.7 Å². The molecule has 2 rings (SSSR count). The molecule has 0 aromatic carbocycles. The van der Waals surface area contributed by atoms with Crippen LogP contribution in [0.4, 0.5) is 0 Å². The van der Waals surface area contributed by atoms with Gasteiger partial charge in [-0.05, 0) is 39.9 Å². The predicted molar refractivity (Wildman–Crippen MR) is 107 cm³/mol. The van der Waals surface area contributed by atoms with Crippen molar-refractivity contribution >= 4 is 30.7 Å². The Bertz CT molecular complexity index is 503. The van der Waals surface area contributed by atoms with Gasteiger partial charge in [-0.3, -0.25) is 9.48 Å². The number of rotatable bonds is 7. The smallest absolute Gasteiger partial charge is 0.241 e. The third kappa shape index (κ3) is 6.77. The van der Waals surface area contributed by atoms with E-state index >= 15 is 0 Å². The third-order valence-corrected chi connectivity index (χ3v) is 4.95. The van der Waals surface area contributed by atoms with Gasteiger partial charge in [-0.15, -0.1) is 24.8 Å². The Kier molecular flexibility index (Phi) is 11.3. The van der Waals surface area contributed by atoms with E-state index < -0.39 is 0 Å². The van der Waals surface area contributed by atoms with E-state index in [9.17, 15) is 4.79 Å². The molecule has 1 fully saturated rings. The van der Waals surface area contributed by atoms with E-state index in [-0.39, 0.29) is 36.8 Å². The van der Waals surface area contributed by atoms with Gasteiger partial charge in [0.05, 0.1) is 6.20 Å². The largest absolute Gasteiger partial charge is 0.353 e. The predicted octanol–water partition coefficient (Wildman–Crippen LogP) is 2.15. The van der Waals surface area contributed by atoms with E-state index in [0.717, 1.165) is 5.56 Å². The minimum atomic E-state index is -0.349. The Labute approximate surface area is 163 Å². The van der Waals surface area contributed by atoms with Gasteiger partial charge in [0.15, 0.2) is 0 Å². The molecule has 1 aromatic heterocycles. The first-order chi connectivity index (χ1) is 11.0. The van der Waals surface area contributed by atoms with Crippen molar-refractivity contribution in [1.82, 2.24) is 25.3 Å². The number of likely N-dealkylation sites (N-methyl/N-ethyl adjacent to an activating group) is 2. The van der Waals surface area contributed by atoms with Crippen molar-refractivity contribution in [3.63, 3.8) is 0 Å². The maximum absolute atomic E-state index is 12.6. The number of hydrogen-bond donors (Lipinski definition) is 2. The minimum absolute atomic E-state index is 0. The van der Waals surface area contributed by atoms with Gasteiger partial charge < -0.3 is 15.5 Å². The standard InChI is InChI=1S/C17H31N5O.2ClH/c1-18-16(14-10-20-22(4)12-14)17(23)19-11-15(21(2)3)13-8-6-5-7-9-13;;/h10,12-13,15-16,18H,5-9,11H2,1-4H3,(H,19,23);2*1H. The maximum atomic E-state index is 12.6. The van der Waals surface area contributed by atoms with Gasteiger partial charge in [-0.2, -0.15) is 5.10 Å². The number of carbonyl (C=O) groups excluding carboxylic acids is 1. The van der Waals surface area contributed by atoms with E-state index in [1.165, 1.54) is 32.1 Å². The second kappa shape index (κ2) is 11.7. The monoisotopic (exact) mass is 393 g/mol. The zero-order chi connectivity index (χ0) is 16.8. The molecule has 1 heterocycles. The molecule has 2 N–H and O–H groups in total. The van der Waals surface area contributed by atoms with E-state index in [1.807, 2.05) is 20.3 Å². The van der Waals surface area contributed by atoms with Crippen molar-refractivity contribution in [2.75, 3.05) is 27.7 Å². The van der Waals surface area contributed by atoms with Crippen molar-refractivity contribution in [1.29, 1.82) is 0 Å². The van der Waals surface area contributed by atoms with Gasteiger partial charge in [-0.25, -0.2) is 0 Å². The fourth-order valence-corrected chi connectivity index (χ4v) is 3.64. The second-order valence-electron chi connectivity index (χ2n) is 6.84. The zero-order valence-electron chi connectivity index (χ0n) is 15.7.